The minimum atomic E-state index is -4.63. The Labute approximate surface area is 107 Å². The average Bonchev–Trinajstić information content (AvgIpc) is 2.22. The molecule has 18 heavy (non-hydrogen) atoms. The molecule has 0 aromatic heterocycles. The van der Waals surface area contributed by atoms with Crippen LogP contribution in [-0.2, 0) is 9.36 Å². The summed E-state index contributed by atoms with van der Waals surface area (Å²) in [6.45, 7) is 2.02. The molecule has 0 aliphatic carbocycles. The van der Waals surface area contributed by atoms with Crippen molar-refractivity contribution in [2.75, 3.05) is 0 Å². The normalized spacial score (nSPS) is 15.3. The van der Waals surface area contributed by atoms with Crippen LogP contribution in [0.3, 0.4) is 0 Å². The highest BCUT2D eigenvalue weighted by Crippen LogP contribution is 2.54. The minimum Gasteiger partial charge on any atom is -0.481 e. The van der Waals surface area contributed by atoms with E-state index in [0.717, 1.165) is 19.3 Å². The topological polar surface area (TPSA) is 115 Å². The number of aliphatic hydroxyl groups is 1. The van der Waals surface area contributed by atoms with E-state index in [1.54, 1.807) is 0 Å². The number of carboxylic acids is 1. The number of hydrogen-bond acceptors (Lipinski definition) is 3. The van der Waals surface area contributed by atoms with Gasteiger partial charge < -0.3 is 20.0 Å². The quantitative estimate of drug-likeness (QED) is 0.360. The Bertz CT molecular complexity index is 300. The second-order valence-corrected chi connectivity index (χ2v) is 6.50. The van der Waals surface area contributed by atoms with Crippen LogP contribution in [0.2, 0.25) is 0 Å². The molecule has 7 heteroatoms. The molecule has 0 heterocycles. The van der Waals surface area contributed by atoms with E-state index in [4.69, 9.17) is 5.11 Å². The number of hydrogen-bond donors (Lipinski definition) is 4. The van der Waals surface area contributed by atoms with Crippen LogP contribution >= 0.6 is 7.60 Å². The maximum absolute atomic E-state index is 11.3. The van der Waals surface area contributed by atoms with Gasteiger partial charge in [0.25, 0.3) is 0 Å². The molecule has 108 valence electrons. The van der Waals surface area contributed by atoms with Crippen molar-refractivity contribution in [3.8, 4) is 0 Å². The van der Waals surface area contributed by atoms with Crippen LogP contribution in [0.5, 0.6) is 0 Å². The SMILES string of the molecule is CCCCCCC(O)(CCCC(=O)O)P(=O)(O)O. The Balaban J connectivity index is 4.35. The molecule has 0 rings (SSSR count). The van der Waals surface area contributed by atoms with E-state index in [0.29, 0.717) is 6.42 Å². The molecule has 1 atom stereocenters. The summed E-state index contributed by atoms with van der Waals surface area (Å²) in [6, 6.07) is 0. The zero-order valence-corrected chi connectivity index (χ0v) is 11.6. The van der Waals surface area contributed by atoms with Gasteiger partial charge in [-0.15, -0.1) is 0 Å². The first-order chi connectivity index (χ1) is 8.23. The van der Waals surface area contributed by atoms with Crippen LogP contribution in [0.25, 0.3) is 0 Å². The van der Waals surface area contributed by atoms with Crippen LogP contribution < -0.4 is 0 Å². The fourth-order valence-corrected chi connectivity index (χ4v) is 2.67. The van der Waals surface area contributed by atoms with Gasteiger partial charge in [-0.1, -0.05) is 26.2 Å². The van der Waals surface area contributed by atoms with E-state index in [2.05, 4.69) is 0 Å². The van der Waals surface area contributed by atoms with Crippen molar-refractivity contribution in [3.05, 3.63) is 0 Å². The van der Waals surface area contributed by atoms with Crippen LogP contribution in [0.4, 0.5) is 0 Å². The number of aliphatic carboxylic acids is 1. The van der Waals surface area contributed by atoms with Gasteiger partial charge in [0.05, 0.1) is 0 Å². The molecular formula is C11H23O6P. The van der Waals surface area contributed by atoms with Gasteiger partial charge in [0.1, 0.15) is 0 Å². The lowest BCUT2D eigenvalue weighted by molar-refractivity contribution is -0.137. The Hall–Kier alpha value is -0.420. The number of carboxylic acid groups (broad SMARTS) is 1. The van der Waals surface area contributed by atoms with E-state index < -0.39 is 18.9 Å². The summed E-state index contributed by atoms with van der Waals surface area (Å²) in [5, 5.41) is 16.4. The molecule has 0 aromatic rings. The number of carbonyl (C=O) groups is 1. The van der Waals surface area contributed by atoms with Crippen molar-refractivity contribution in [1.29, 1.82) is 0 Å². The van der Waals surface area contributed by atoms with Crippen molar-refractivity contribution in [1.82, 2.24) is 0 Å². The molecule has 0 radical (unpaired) electrons. The van der Waals surface area contributed by atoms with E-state index >= 15 is 0 Å². The van der Waals surface area contributed by atoms with Crippen LogP contribution in [-0.4, -0.2) is 31.3 Å². The van der Waals surface area contributed by atoms with Gasteiger partial charge >= 0.3 is 13.6 Å². The van der Waals surface area contributed by atoms with E-state index in [1.807, 2.05) is 6.92 Å². The van der Waals surface area contributed by atoms with Crippen molar-refractivity contribution in [2.45, 2.75) is 63.6 Å². The molecule has 0 spiro atoms. The highest BCUT2D eigenvalue weighted by Gasteiger charge is 2.43. The largest absolute Gasteiger partial charge is 0.481 e. The van der Waals surface area contributed by atoms with E-state index in [1.165, 1.54) is 0 Å². The van der Waals surface area contributed by atoms with Crippen LogP contribution in [0, 0.1) is 0 Å². The standard InChI is InChI=1S/C11H23O6P/c1-2-3-4-5-8-11(14,18(15,16)17)9-6-7-10(12)13/h14H,2-9H2,1H3,(H,12,13)(H2,15,16,17). The molecule has 0 saturated heterocycles. The maximum Gasteiger partial charge on any atom is 0.356 e. The van der Waals surface area contributed by atoms with Gasteiger partial charge in [0, 0.05) is 6.42 Å². The highest BCUT2D eigenvalue weighted by atomic mass is 31.2. The predicted molar refractivity (Wildman–Crippen MR) is 67.2 cm³/mol. The molecule has 0 amide bonds. The summed E-state index contributed by atoms with van der Waals surface area (Å²) < 4.78 is 11.3. The summed E-state index contributed by atoms with van der Waals surface area (Å²) in [7, 11) is -4.63. The van der Waals surface area contributed by atoms with Gasteiger partial charge in [-0.2, -0.15) is 0 Å². The summed E-state index contributed by atoms with van der Waals surface area (Å²) in [5.74, 6) is -1.03. The van der Waals surface area contributed by atoms with Crippen molar-refractivity contribution in [3.63, 3.8) is 0 Å². The van der Waals surface area contributed by atoms with Crippen molar-refractivity contribution < 1.29 is 29.4 Å². The second kappa shape index (κ2) is 7.89. The monoisotopic (exact) mass is 282 g/mol. The molecular weight excluding hydrogens is 259 g/mol. The zero-order valence-electron chi connectivity index (χ0n) is 10.7. The first-order valence-electron chi connectivity index (χ1n) is 6.23. The maximum atomic E-state index is 11.3. The summed E-state index contributed by atoms with van der Waals surface area (Å²) >= 11 is 0. The fourth-order valence-electron chi connectivity index (χ4n) is 1.77. The molecule has 0 saturated carbocycles. The first kappa shape index (κ1) is 17.6. The second-order valence-electron chi connectivity index (χ2n) is 4.58. The van der Waals surface area contributed by atoms with Crippen molar-refractivity contribution in [2.24, 2.45) is 0 Å². The molecule has 1 unspecified atom stereocenters. The predicted octanol–water partition coefficient (Wildman–Crippen LogP) is 2.08. The lowest BCUT2D eigenvalue weighted by Gasteiger charge is -2.28. The zero-order chi connectivity index (χ0) is 14.2. The van der Waals surface area contributed by atoms with Gasteiger partial charge in [0.2, 0.25) is 0 Å². The van der Waals surface area contributed by atoms with Crippen molar-refractivity contribution >= 4 is 13.6 Å². The van der Waals surface area contributed by atoms with E-state index in [-0.39, 0.29) is 25.7 Å². The molecule has 4 N–H and O–H groups in total. The lowest BCUT2D eigenvalue weighted by Crippen LogP contribution is -2.28. The number of rotatable bonds is 10. The van der Waals surface area contributed by atoms with Gasteiger partial charge in [-0.3, -0.25) is 9.36 Å². The molecule has 0 aliphatic heterocycles. The molecule has 0 fully saturated rings. The third kappa shape index (κ3) is 6.50. The van der Waals surface area contributed by atoms with Gasteiger partial charge in [0.15, 0.2) is 5.34 Å². The summed E-state index contributed by atoms with van der Waals surface area (Å²) in [6.07, 6.45) is 2.97. The first-order valence-corrected chi connectivity index (χ1v) is 7.84. The summed E-state index contributed by atoms with van der Waals surface area (Å²) in [5.41, 5.74) is 0. The Morgan fingerprint density at radius 2 is 1.67 bits per heavy atom. The van der Waals surface area contributed by atoms with E-state index in [9.17, 15) is 24.3 Å². The molecule has 0 bridgehead atoms. The van der Waals surface area contributed by atoms with Crippen LogP contribution in [0.1, 0.15) is 58.3 Å². The number of unbranched alkanes of at least 4 members (excludes halogenated alkanes) is 3. The molecule has 0 aromatic carbocycles. The Morgan fingerprint density at radius 3 is 2.11 bits per heavy atom. The fraction of sp³-hybridized carbons (Fsp3) is 0.909. The highest BCUT2D eigenvalue weighted by molar-refractivity contribution is 7.53. The third-order valence-electron chi connectivity index (χ3n) is 2.94. The molecule has 6 nitrogen and oxygen atoms in total. The third-order valence-corrected chi connectivity index (χ3v) is 4.47. The van der Waals surface area contributed by atoms with Gasteiger partial charge in [-0.25, -0.2) is 0 Å². The lowest BCUT2D eigenvalue weighted by atomic mass is 10.0. The Kier molecular flexibility index (Phi) is 7.71. The van der Waals surface area contributed by atoms with Gasteiger partial charge in [-0.05, 0) is 25.7 Å². The average molecular weight is 282 g/mol. The smallest absolute Gasteiger partial charge is 0.356 e. The minimum absolute atomic E-state index is 0.0108. The molecule has 0 aliphatic rings. The van der Waals surface area contributed by atoms with Crippen LogP contribution in [0.15, 0.2) is 0 Å². The Morgan fingerprint density at radius 1 is 1.11 bits per heavy atom. The summed E-state index contributed by atoms with van der Waals surface area (Å²) in [4.78, 5) is 28.7.